The average molecular weight is 422 g/mol. The van der Waals surface area contributed by atoms with Gasteiger partial charge in [0, 0.05) is 41.4 Å². The van der Waals surface area contributed by atoms with Crippen molar-refractivity contribution in [1.82, 2.24) is 9.88 Å². The molecule has 0 bridgehead atoms. The van der Waals surface area contributed by atoms with Crippen molar-refractivity contribution in [3.8, 4) is 5.75 Å². The fraction of sp³-hybridized carbons (Fsp3) is 0.320. The summed E-state index contributed by atoms with van der Waals surface area (Å²) in [5.41, 5.74) is 7.18. The van der Waals surface area contributed by atoms with E-state index in [9.17, 15) is 5.11 Å². The summed E-state index contributed by atoms with van der Waals surface area (Å²) in [6.45, 7) is 13.9. The third kappa shape index (κ3) is 3.82. The molecule has 0 aliphatic rings. The van der Waals surface area contributed by atoms with E-state index in [1.165, 1.54) is 22.2 Å². The molecule has 0 radical (unpaired) electrons. The van der Waals surface area contributed by atoms with Crippen LogP contribution in [0.3, 0.4) is 0 Å². The summed E-state index contributed by atoms with van der Waals surface area (Å²) in [6.07, 6.45) is 1.97. The molecule has 0 saturated carbocycles. The summed E-state index contributed by atoms with van der Waals surface area (Å²) in [4.78, 5) is 1.90. The number of fused-ring (bicyclic) bond motifs is 1. The van der Waals surface area contributed by atoms with Crippen molar-refractivity contribution in [2.75, 3.05) is 11.9 Å². The average Bonchev–Trinajstić information content (AvgIpc) is 2.99. The summed E-state index contributed by atoms with van der Waals surface area (Å²) in [5.74, 6) is 0.198. The van der Waals surface area contributed by atoms with Gasteiger partial charge in [-0.25, -0.2) is 0 Å². The number of nitrogens with one attached hydrogen (secondary N) is 1. The van der Waals surface area contributed by atoms with Crippen LogP contribution >= 0.6 is 12.2 Å². The number of benzene rings is 2. The van der Waals surface area contributed by atoms with Gasteiger partial charge in [0.1, 0.15) is 5.75 Å². The lowest BCUT2D eigenvalue weighted by Crippen LogP contribution is -2.36. The van der Waals surface area contributed by atoms with E-state index in [0.29, 0.717) is 16.4 Å². The largest absolute Gasteiger partial charge is 0.507 e. The summed E-state index contributed by atoms with van der Waals surface area (Å²) < 4.78 is 2.38. The van der Waals surface area contributed by atoms with E-state index in [4.69, 9.17) is 12.2 Å². The van der Waals surface area contributed by atoms with E-state index in [1.54, 1.807) is 13.1 Å². The SMILES string of the molecule is C=C(c1cc(CC)ccc1O)N(C(=S)NC)c1ccc2c(c1)c(C)c(C)n2CCC. The number of hydrogen-bond acceptors (Lipinski definition) is 2. The number of hydrogen-bond donors (Lipinski definition) is 2. The molecule has 0 spiro atoms. The number of thiocarbonyl (C=S) groups is 1. The monoisotopic (exact) mass is 421 g/mol. The first-order valence-corrected chi connectivity index (χ1v) is 10.9. The molecule has 2 aromatic carbocycles. The smallest absolute Gasteiger partial charge is 0.177 e. The van der Waals surface area contributed by atoms with Crippen molar-refractivity contribution in [2.45, 2.75) is 47.1 Å². The lowest BCUT2D eigenvalue weighted by Gasteiger charge is -2.28. The fourth-order valence-corrected chi connectivity index (χ4v) is 4.17. The normalized spacial score (nSPS) is 11.0. The Morgan fingerprint density at radius 1 is 1.17 bits per heavy atom. The van der Waals surface area contributed by atoms with Crippen LogP contribution in [-0.4, -0.2) is 21.8 Å². The number of rotatable bonds is 6. The van der Waals surface area contributed by atoms with Gasteiger partial charge >= 0.3 is 0 Å². The second-order valence-corrected chi connectivity index (χ2v) is 7.99. The van der Waals surface area contributed by atoms with Gasteiger partial charge in [-0.3, -0.25) is 4.90 Å². The van der Waals surface area contributed by atoms with Crippen LogP contribution < -0.4 is 10.2 Å². The minimum atomic E-state index is 0.198. The molecule has 0 amide bonds. The van der Waals surface area contributed by atoms with Crippen molar-refractivity contribution < 1.29 is 5.11 Å². The predicted octanol–water partition coefficient (Wildman–Crippen LogP) is 5.92. The van der Waals surface area contributed by atoms with Gasteiger partial charge in [-0.1, -0.05) is 26.5 Å². The van der Waals surface area contributed by atoms with E-state index in [0.717, 1.165) is 30.6 Å². The van der Waals surface area contributed by atoms with Gasteiger partial charge in [-0.15, -0.1) is 0 Å². The van der Waals surface area contributed by atoms with E-state index in [2.05, 4.69) is 62.4 Å². The molecule has 1 heterocycles. The van der Waals surface area contributed by atoms with Gasteiger partial charge < -0.3 is 15.0 Å². The first kappa shape index (κ1) is 21.9. The van der Waals surface area contributed by atoms with Gasteiger partial charge in [-0.2, -0.15) is 0 Å². The summed E-state index contributed by atoms with van der Waals surface area (Å²) >= 11 is 5.63. The Hall–Kier alpha value is -2.79. The van der Waals surface area contributed by atoms with Crippen LogP contribution in [0.4, 0.5) is 5.69 Å². The number of aryl methyl sites for hydroxylation is 3. The Balaban J connectivity index is 2.15. The quantitative estimate of drug-likeness (QED) is 0.485. The van der Waals surface area contributed by atoms with Crippen LogP contribution in [-0.2, 0) is 13.0 Å². The number of aromatic nitrogens is 1. The Labute approximate surface area is 184 Å². The minimum absolute atomic E-state index is 0.198. The highest BCUT2D eigenvalue weighted by molar-refractivity contribution is 7.80. The molecule has 3 aromatic rings. The summed E-state index contributed by atoms with van der Waals surface area (Å²) in [7, 11) is 1.80. The van der Waals surface area contributed by atoms with Gasteiger partial charge in [-0.05, 0) is 80.4 Å². The number of anilines is 1. The molecule has 0 unspecified atom stereocenters. The molecule has 0 atom stereocenters. The molecule has 2 N–H and O–H groups in total. The molecule has 0 aliphatic heterocycles. The molecular weight excluding hydrogens is 390 g/mol. The molecule has 4 nitrogen and oxygen atoms in total. The highest BCUT2D eigenvalue weighted by Crippen LogP contribution is 2.35. The molecule has 30 heavy (non-hydrogen) atoms. The summed E-state index contributed by atoms with van der Waals surface area (Å²) in [6, 6.07) is 12.0. The molecular formula is C25H31N3OS. The van der Waals surface area contributed by atoms with Crippen molar-refractivity contribution in [3.05, 3.63) is 65.4 Å². The van der Waals surface area contributed by atoms with Crippen LogP contribution in [0.25, 0.3) is 16.6 Å². The lowest BCUT2D eigenvalue weighted by molar-refractivity contribution is 0.473. The molecule has 158 valence electrons. The van der Waals surface area contributed by atoms with Crippen molar-refractivity contribution in [3.63, 3.8) is 0 Å². The highest BCUT2D eigenvalue weighted by Gasteiger charge is 2.21. The van der Waals surface area contributed by atoms with E-state index < -0.39 is 0 Å². The molecule has 0 fully saturated rings. The highest BCUT2D eigenvalue weighted by atomic mass is 32.1. The number of aromatic hydroxyl groups is 1. The number of phenolic OH excluding ortho intramolecular Hbond substituents is 1. The zero-order valence-corrected chi connectivity index (χ0v) is 19.4. The first-order valence-electron chi connectivity index (χ1n) is 10.5. The van der Waals surface area contributed by atoms with Gasteiger partial charge in [0.05, 0.1) is 5.70 Å². The van der Waals surface area contributed by atoms with E-state index in [1.807, 2.05) is 17.0 Å². The maximum Gasteiger partial charge on any atom is 0.177 e. The Bertz CT molecular complexity index is 1110. The maximum absolute atomic E-state index is 10.5. The molecule has 3 rings (SSSR count). The first-order chi connectivity index (χ1) is 14.3. The Morgan fingerprint density at radius 3 is 2.53 bits per heavy atom. The van der Waals surface area contributed by atoms with E-state index >= 15 is 0 Å². The predicted molar refractivity (Wildman–Crippen MR) is 132 cm³/mol. The van der Waals surface area contributed by atoms with Crippen molar-refractivity contribution in [2.24, 2.45) is 0 Å². The van der Waals surface area contributed by atoms with Gasteiger partial charge in [0.15, 0.2) is 5.11 Å². The second kappa shape index (κ2) is 8.92. The lowest BCUT2D eigenvalue weighted by atomic mass is 10.0. The molecule has 1 aromatic heterocycles. The van der Waals surface area contributed by atoms with Gasteiger partial charge in [0.2, 0.25) is 0 Å². The van der Waals surface area contributed by atoms with Crippen LogP contribution in [0.15, 0.2) is 43.0 Å². The second-order valence-electron chi connectivity index (χ2n) is 7.61. The zero-order chi connectivity index (χ0) is 22.0. The van der Waals surface area contributed by atoms with Gasteiger partial charge in [0.25, 0.3) is 0 Å². The molecule has 0 saturated heterocycles. The standard InChI is InChI=1S/C25H31N3OS/c1-7-13-27-17(4)16(3)21-15-20(10-11-23(21)27)28(25(30)26-6)18(5)22-14-19(8-2)9-12-24(22)29/h9-12,14-15,29H,5,7-8,13H2,1-4,6H3,(H,26,30). The third-order valence-electron chi connectivity index (χ3n) is 5.79. The maximum atomic E-state index is 10.5. The zero-order valence-electron chi connectivity index (χ0n) is 18.5. The van der Waals surface area contributed by atoms with E-state index in [-0.39, 0.29) is 5.75 Å². The summed E-state index contributed by atoms with van der Waals surface area (Å²) in [5, 5.41) is 15.3. The topological polar surface area (TPSA) is 40.4 Å². The van der Waals surface area contributed by atoms with Crippen LogP contribution in [0, 0.1) is 13.8 Å². The fourth-order valence-electron chi connectivity index (χ4n) is 3.95. The number of phenols is 1. The van der Waals surface area contributed by atoms with Crippen LogP contribution in [0.1, 0.15) is 42.7 Å². The number of nitrogens with zero attached hydrogens (tertiary/aromatic N) is 2. The van der Waals surface area contributed by atoms with Crippen LogP contribution in [0.5, 0.6) is 5.75 Å². The van der Waals surface area contributed by atoms with Crippen LogP contribution in [0.2, 0.25) is 0 Å². The molecule has 0 aliphatic carbocycles. The Kier molecular flexibility index (Phi) is 6.52. The minimum Gasteiger partial charge on any atom is -0.507 e. The van der Waals surface area contributed by atoms with Crippen molar-refractivity contribution in [1.29, 1.82) is 0 Å². The Morgan fingerprint density at radius 2 is 1.90 bits per heavy atom. The third-order valence-corrected chi connectivity index (χ3v) is 6.18. The van der Waals surface area contributed by atoms with Crippen molar-refractivity contribution >= 4 is 39.6 Å². The molecule has 5 heteroatoms.